The molecule has 0 aliphatic carbocycles. The molecule has 5 heteroatoms. The van der Waals surface area contributed by atoms with Gasteiger partial charge in [-0.3, -0.25) is 4.79 Å². The second-order valence-electron chi connectivity index (χ2n) is 4.61. The zero-order valence-electron chi connectivity index (χ0n) is 11.4. The smallest absolute Gasteiger partial charge is 0.238 e. The van der Waals surface area contributed by atoms with Crippen LogP contribution in [0.4, 0.5) is 14.5 Å². The third-order valence-electron chi connectivity index (χ3n) is 2.89. The number of anilines is 1. The van der Waals surface area contributed by atoms with E-state index in [1.807, 2.05) is 6.07 Å². The molecule has 21 heavy (non-hydrogen) atoms. The number of rotatable bonds is 6. The van der Waals surface area contributed by atoms with Gasteiger partial charge < -0.3 is 10.6 Å². The molecule has 1 amide bonds. The van der Waals surface area contributed by atoms with Gasteiger partial charge in [0.05, 0.1) is 6.54 Å². The highest BCUT2D eigenvalue weighted by Gasteiger charge is 2.02. The van der Waals surface area contributed by atoms with Gasteiger partial charge in [-0.1, -0.05) is 12.1 Å². The average molecular weight is 290 g/mol. The highest BCUT2D eigenvalue weighted by molar-refractivity contribution is 5.92. The number of hydrogen-bond acceptors (Lipinski definition) is 2. The lowest BCUT2D eigenvalue weighted by Gasteiger charge is -2.07. The van der Waals surface area contributed by atoms with Crippen LogP contribution in [0.3, 0.4) is 0 Å². The molecule has 2 N–H and O–H groups in total. The van der Waals surface area contributed by atoms with Crippen LogP contribution in [0, 0.1) is 11.6 Å². The van der Waals surface area contributed by atoms with Gasteiger partial charge in [0.25, 0.3) is 0 Å². The topological polar surface area (TPSA) is 41.1 Å². The van der Waals surface area contributed by atoms with E-state index in [0.717, 1.165) is 5.56 Å². The van der Waals surface area contributed by atoms with Gasteiger partial charge in [-0.25, -0.2) is 8.78 Å². The number of halogens is 2. The number of benzene rings is 2. The molecule has 0 saturated carbocycles. The number of hydrogen-bond donors (Lipinski definition) is 2. The Hall–Kier alpha value is -2.27. The summed E-state index contributed by atoms with van der Waals surface area (Å²) in [6, 6.07) is 11.9. The normalized spacial score (nSPS) is 10.4. The quantitative estimate of drug-likeness (QED) is 0.803. The molecule has 0 unspecified atom stereocenters. The molecule has 2 rings (SSSR count). The summed E-state index contributed by atoms with van der Waals surface area (Å²) in [6.45, 7) is 0.715. The van der Waals surface area contributed by atoms with Gasteiger partial charge in [-0.05, 0) is 54.9 Å². The van der Waals surface area contributed by atoms with Crippen molar-refractivity contribution in [1.82, 2.24) is 5.32 Å². The highest BCUT2D eigenvalue weighted by atomic mass is 19.1. The summed E-state index contributed by atoms with van der Waals surface area (Å²) in [5.74, 6) is -0.816. The Morgan fingerprint density at radius 2 is 1.76 bits per heavy atom. The molecule has 0 aromatic heterocycles. The molecule has 0 heterocycles. The summed E-state index contributed by atoms with van der Waals surface area (Å²) in [5, 5.41) is 5.62. The van der Waals surface area contributed by atoms with Gasteiger partial charge in [-0.15, -0.1) is 0 Å². The highest BCUT2D eigenvalue weighted by Crippen LogP contribution is 2.07. The van der Waals surface area contributed by atoms with Crippen LogP contribution < -0.4 is 10.6 Å². The summed E-state index contributed by atoms with van der Waals surface area (Å²) in [7, 11) is 0. The van der Waals surface area contributed by atoms with Crippen LogP contribution >= 0.6 is 0 Å². The summed E-state index contributed by atoms with van der Waals surface area (Å²) in [6.07, 6.45) is 0.640. The molecule has 110 valence electrons. The van der Waals surface area contributed by atoms with E-state index in [2.05, 4.69) is 10.6 Å². The molecule has 0 atom stereocenters. The van der Waals surface area contributed by atoms with E-state index in [9.17, 15) is 13.6 Å². The van der Waals surface area contributed by atoms with Gasteiger partial charge in [0.2, 0.25) is 5.91 Å². The van der Waals surface area contributed by atoms with E-state index in [1.165, 1.54) is 36.4 Å². The van der Waals surface area contributed by atoms with Crippen molar-refractivity contribution in [3.8, 4) is 0 Å². The van der Waals surface area contributed by atoms with E-state index < -0.39 is 0 Å². The second kappa shape index (κ2) is 7.50. The molecule has 0 aliphatic rings. The van der Waals surface area contributed by atoms with Gasteiger partial charge in [0.1, 0.15) is 11.6 Å². The minimum atomic E-state index is -0.346. The van der Waals surface area contributed by atoms with Crippen molar-refractivity contribution in [1.29, 1.82) is 0 Å². The van der Waals surface area contributed by atoms with E-state index in [0.29, 0.717) is 18.7 Å². The lowest BCUT2D eigenvalue weighted by Crippen LogP contribution is -2.29. The molecule has 0 bridgehead atoms. The lowest BCUT2D eigenvalue weighted by atomic mass is 10.1. The molecule has 3 nitrogen and oxygen atoms in total. The fraction of sp³-hybridized carbons (Fsp3) is 0.188. The summed E-state index contributed by atoms with van der Waals surface area (Å²) < 4.78 is 25.7. The van der Waals surface area contributed by atoms with Crippen molar-refractivity contribution in [2.75, 3.05) is 18.4 Å². The van der Waals surface area contributed by atoms with E-state index in [1.54, 1.807) is 6.07 Å². The van der Waals surface area contributed by atoms with Crippen LogP contribution in [-0.4, -0.2) is 19.0 Å². The molecular weight excluding hydrogens is 274 g/mol. The number of amides is 1. The first-order valence-corrected chi connectivity index (χ1v) is 6.64. The van der Waals surface area contributed by atoms with E-state index >= 15 is 0 Å². The second-order valence-corrected chi connectivity index (χ2v) is 4.61. The predicted molar refractivity (Wildman–Crippen MR) is 78.0 cm³/mol. The molecule has 0 spiro atoms. The van der Waals surface area contributed by atoms with Gasteiger partial charge in [-0.2, -0.15) is 0 Å². The first-order valence-electron chi connectivity index (χ1n) is 6.64. The zero-order valence-corrected chi connectivity index (χ0v) is 11.4. The first-order chi connectivity index (χ1) is 10.1. The Kier molecular flexibility index (Phi) is 5.40. The van der Waals surface area contributed by atoms with E-state index in [-0.39, 0.29) is 24.1 Å². The maximum Gasteiger partial charge on any atom is 0.238 e. The van der Waals surface area contributed by atoms with Crippen LogP contribution in [0.2, 0.25) is 0 Å². The zero-order chi connectivity index (χ0) is 15.1. The molecule has 0 saturated heterocycles. The van der Waals surface area contributed by atoms with Crippen molar-refractivity contribution in [3.05, 3.63) is 65.7 Å². The van der Waals surface area contributed by atoms with Crippen molar-refractivity contribution in [2.45, 2.75) is 6.42 Å². The maximum absolute atomic E-state index is 13.0. The summed E-state index contributed by atoms with van der Waals surface area (Å²) in [4.78, 5) is 11.6. The largest absolute Gasteiger partial charge is 0.325 e. The van der Waals surface area contributed by atoms with Crippen molar-refractivity contribution >= 4 is 11.6 Å². The number of nitrogens with one attached hydrogen (secondary N) is 2. The fourth-order valence-electron chi connectivity index (χ4n) is 1.87. The molecule has 2 aromatic carbocycles. The molecule has 0 aliphatic heterocycles. The number of carbonyl (C=O) groups excluding carboxylic acids is 1. The van der Waals surface area contributed by atoms with Gasteiger partial charge >= 0.3 is 0 Å². The molecule has 0 fully saturated rings. The minimum absolute atomic E-state index is 0.146. The van der Waals surface area contributed by atoms with Crippen LogP contribution in [0.5, 0.6) is 0 Å². The van der Waals surface area contributed by atoms with Crippen LogP contribution in [0.1, 0.15) is 5.56 Å². The Morgan fingerprint density at radius 1 is 1.00 bits per heavy atom. The molecule has 2 aromatic rings. The molecule has 0 radical (unpaired) electrons. The third kappa shape index (κ3) is 5.31. The summed E-state index contributed by atoms with van der Waals surface area (Å²) >= 11 is 0. The maximum atomic E-state index is 13.0. The predicted octanol–water partition coefficient (Wildman–Crippen LogP) is 2.74. The number of carbonyl (C=O) groups is 1. The van der Waals surface area contributed by atoms with Crippen LogP contribution in [0.25, 0.3) is 0 Å². The van der Waals surface area contributed by atoms with Crippen molar-refractivity contribution < 1.29 is 13.6 Å². The summed E-state index contributed by atoms with van der Waals surface area (Å²) in [5.41, 5.74) is 1.43. The average Bonchev–Trinajstić information content (AvgIpc) is 2.46. The van der Waals surface area contributed by atoms with Gasteiger partial charge in [0.15, 0.2) is 0 Å². The standard InChI is InChI=1S/C16H16F2N2O/c17-13-4-6-15(7-5-13)20-16(21)11-19-9-8-12-2-1-3-14(18)10-12/h1-7,10,19H,8-9,11H2,(H,20,21). The van der Waals surface area contributed by atoms with Crippen LogP contribution in [-0.2, 0) is 11.2 Å². The Labute approximate surface area is 122 Å². The monoisotopic (exact) mass is 290 g/mol. The van der Waals surface area contributed by atoms with E-state index in [4.69, 9.17) is 0 Å². The van der Waals surface area contributed by atoms with Crippen molar-refractivity contribution in [2.24, 2.45) is 0 Å². The SMILES string of the molecule is O=C(CNCCc1cccc(F)c1)Nc1ccc(F)cc1. The Bertz CT molecular complexity index is 599. The minimum Gasteiger partial charge on any atom is -0.325 e. The van der Waals surface area contributed by atoms with Gasteiger partial charge in [0, 0.05) is 5.69 Å². The Morgan fingerprint density at radius 3 is 2.48 bits per heavy atom. The Balaban J connectivity index is 1.68. The van der Waals surface area contributed by atoms with Crippen molar-refractivity contribution in [3.63, 3.8) is 0 Å². The fourth-order valence-corrected chi connectivity index (χ4v) is 1.87. The molecular formula is C16H16F2N2O. The van der Waals surface area contributed by atoms with Crippen LogP contribution in [0.15, 0.2) is 48.5 Å². The third-order valence-corrected chi connectivity index (χ3v) is 2.89. The lowest BCUT2D eigenvalue weighted by molar-refractivity contribution is -0.115. The first kappa shape index (κ1) is 15.1.